The van der Waals surface area contributed by atoms with E-state index in [9.17, 15) is 5.11 Å². The second kappa shape index (κ2) is 4.21. The number of β-amino-alcohol motifs (C(OH)–C–C–N with tert-alkyl or cyclic N) is 1. The molecule has 2 aromatic rings. The summed E-state index contributed by atoms with van der Waals surface area (Å²) in [5, 5.41) is 13.5. The number of anilines is 1. The Bertz CT molecular complexity index is 632. The van der Waals surface area contributed by atoms with Crippen molar-refractivity contribution in [1.29, 1.82) is 0 Å². The van der Waals surface area contributed by atoms with Gasteiger partial charge < -0.3 is 14.8 Å². The second-order valence-corrected chi connectivity index (χ2v) is 5.48. The van der Waals surface area contributed by atoms with Gasteiger partial charge in [-0.3, -0.25) is 4.90 Å². The molecule has 0 saturated heterocycles. The van der Waals surface area contributed by atoms with Gasteiger partial charge in [0.05, 0.1) is 23.5 Å². The molecular formula is C14H20N4O. The van der Waals surface area contributed by atoms with Crippen molar-refractivity contribution in [3.8, 4) is 0 Å². The molecule has 19 heavy (non-hydrogen) atoms. The average Bonchev–Trinajstić information content (AvgIpc) is 2.64. The van der Waals surface area contributed by atoms with Crippen LogP contribution >= 0.6 is 0 Å². The van der Waals surface area contributed by atoms with Crippen LogP contribution in [0, 0.1) is 13.8 Å². The van der Waals surface area contributed by atoms with E-state index in [1.54, 1.807) is 0 Å². The molecule has 2 aromatic heterocycles. The first kappa shape index (κ1) is 12.4. The lowest BCUT2D eigenvalue weighted by Gasteiger charge is -2.35. The van der Waals surface area contributed by atoms with Crippen molar-refractivity contribution >= 4 is 11.3 Å². The van der Waals surface area contributed by atoms with Gasteiger partial charge in [0.25, 0.3) is 0 Å². The Labute approximate surface area is 112 Å². The van der Waals surface area contributed by atoms with Crippen LogP contribution in [-0.2, 0) is 0 Å². The van der Waals surface area contributed by atoms with E-state index in [-0.39, 0.29) is 6.04 Å². The maximum absolute atomic E-state index is 10.2. The molecule has 0 amide bonds. The number of nitrogens with zero attached hydrogens (tertiary/aromatic N) is 3. The Morgan fingerprint density at radius 1 is 1.42 bits per heavy atom. The molecule has 1 aliphatic heterocycles. The molecule has 3 rings (SSSR count). The van der Waals surface area contributed by atoms with E-state index >= 15 is 0 Å². The highest BCUT2D eigenvalue weighted by Crippen LogP contribution is 2.36. The van der Waals surface area contributed by atoms with Gasteiger partial charge in [0.2, 0.25) is 0 Å². The molecule has 0 bridgehead atoms. The SMILES string of the molecule is Cc1nc2c3c(ccn2c1C)[C@@H](N(C)C)[C@@H](O)CN3. The fourth-order valence-electron chi connectivity index (χ4n) is 2.93. The number of nitrogens with one attached hydrogen (secondary N) is 1. The Morgan fingerprint density at radius 2 is 2.16 bits per heavy atom. The Hall–Kier alpha value is -1.59. The van der Waals surface area contributed by atoms with Crippen molar-refractivity contribution in [2.24, 2.45) is 0 Å². The number of aromatic nitrogens is 2. The second-order valence-electron chi connectivity index (χ2n) is 5.48. The minimum absolute atomic E-state index is 0.0126. The lowest BCUT2D eigenvalue weighted by molar-refractivity contribution is 0.0818. The van der Waals surface area contributed by atoms with Gasteiger partial charge in [-0.1, -0.05) is 0 Å². The molecule has 0 unspecified atom stereocenters. The fraction of sp³-hybridized carbons (Fsp3) is 0.500. The van der Waals surface area contributed by atoms with Gasteiger partial charge in [-0.05, 0) is 34.0 Å². The molecule has 0 aromatic carbocycles. The topological polar surface area (TPSA) is 52.8 Å². The number of aliphatic hydroxyl groups excluding tert-OH is 1. The van der Waals surface area contributed by atoms with Crippen molar-refractivity contribution in [3.05, 3.63) is 29.2 Å². The summed E-state index contributed by atoms with van der Waals surface area (Å²) < 4.78 is 2.10. The summed E-state index contributed by atoms with van der Waals surface area (Å²) in [5.74, 6) is 0. The number of aryl methyl sites for hydroxylation is 2. The molecule has 0 fully saturated rings. The number of hydrogen-bond donors (Lipinski definition) is 2. The van der Waals surface area contributed by atoms with Crippen LogP contribution in [0.4, 0.5) is 5.69 Å². The molecule has 102 valence electrons. The molecule has 1 aliphatic rings. The third kappa shape index (κ3) is 1.73. The maximum Gasteiger partial charge on any atom is 0.161 e. The number of fused-ring (bicyclic) bond motifs is 3. The highest BCUT2D eigenvalue weighted by Gasteiger charge is 2.31. The number of aliphatic hydroxyl groups is 1. The predicted molar refractivity (Wildman–Crippen MR) is 75.6 cm³/mol. The molecule has 0 spiro atoms. The number of hydrogen-bond acceptors (Lipinski definition) is 4. The predicted octanol–water partition coefficient (Wildman–Crippen LogP) is 1.34. The highest BCUT2D eigenvalue weighted by molar-refractivity contribution is 5.74. The first-order valence-corrected chi connectivity index (χ1v) is 6.57. The van der Waals surface area contributed by atoms with Crippen molar-refractivity contribution in [3.63, 3.8) is 0 Å². The molecule has 3 heterocycles. The molecular weight excluding hydrogens is 240 g/mol. The van der Waals surface area contributed by atoms with Gasteiger partial charge in [-0.25, -0.2) is 4.98 Å². The van der Waals surface area contributed by atoms with Gasteiger partial charge in [-0.2, -0.15) is 0 Å². The van der Waals surface area contributed by atoms with Gasteiger partial charge >= 0.3 is 0 Å². The lowest BCUT2D eigenvalue weighted by Crippen LogP contribution is -2.40. The molecule has 0 saturated carbocycles. The average molecular weight is 260 g/mol. The molecule has 2 N–H and O–H groups in total. The summed E-state index contributed by atoms with van der Waals surface area (Å²) in [4.78, 5) is 6.70. The standard InChI is InChI=1S/C14H20N4O/c1-8-9(2)18-6-5-10-12(14(18)16-8)15-7-11(19)13(10)17(3)4/h5-6,11,13,15,19H,7H2,1-4H3/t11-,13+/m0/s1. The largest absolute Gasteiger partial charge is 0.389 e. The van der Waals surface area contributed by atoms with Crippen molar-refractivity contribution in [2.45, 2.75) is 26.0 Å². The molecule has 5 heteroatoms. The molecule has 2 atom stereocenters. The first-order chi connectivity index (χ1) is 9.00. The van der Waals surface area contributed by atoms with Gasteiger partial charge in [0, 0.05) is 24.0 Å². The zero-order valence-electron chi connectivity index (χ0n) is 11.8. The van der Waals surface area contributed by atoms with Crippen LogP contribution in [0.2, 0.25) is 0 Å². The summed E-state index contributed by atoms with van der Waals surface area (Å²) in [7, 11) is 3.99. The monoisotopic (exact) mass is 260 g/mol. The summed E-state index contributed by atoms with van der Waals surface area (Å²) in [6.07, 6.45) is 1.64. The Kier molecular flexibility index (Phi) is 2.76. The van der Waals surface area contributed by atoms with Crippen LogP contribution in [0.5, 0.6) is 0 Å². The van der Waals surface area contributed by atoms with E-state index in [0.29, 0.717) is 6.54 Å². The van der Waals surface area contributed by atoms with Crippen LogP contribution in [0.3, 0.4) is 0 Å². The number of imidazole rings is 1. The minimum atomic E-state index is -0.401. The van der Waals surface area contributed by atoms with Crippen molar-refractivity contribution in [2.75, 3.05) is 26.0 Å². The maximum atomic E-state index is 10.2. The van der Waals surface area contributed by atoms with Gasteiger partial charge in [0.15, 0.2) is 5.65 Å². The summed E-state index contributed by atoms with van der Waals surface area (Å²) in [6, 6.07) is 2.09. The lowest BCUT2D eigenvalue weighted by atomic mass is 9.96. The van der Waals surface area contributed by atoms with Gasteiger partial charge in [0.1, 0.15) is 0 Å². The summed E-state index contributed by atoms with van der Waals surface area (Å²) in [6.45, 7) is 4.65. The van der Waals surface area contributed by atoms with E-state index < -0.39 is 6.10 Å². The number of rotatable bonds is 1. The quantitative estimate of drug-likeness (QED) is 0.812. The third-order valence-corrected chi connectivity index (χ3v) is 4.03. The van der Waals surface area contributed by atoms with Gasteiger partial charge in [-0.15, -0.1) is 0 Å². The van der Waals surface area contributed by atoms with E-state index in [0.717, 1.165) is 28.3 Å². The first-order valence-electron chi connectivity index (χ1n) is 6.57. The third-order valence-electron chi connectivity index (χ3n) is 4.03. The Morgan fingerprint density at radius 3 is 2.84 bits per heavy atom. The van der Waals surface area contributed by atoms with Crippen LogP contribution in [0.15, 0.2) is 12.3 Å². The molecule has 5 nitrogen and oxygen atoms in total. The van der Waals surface area contributed by atoms with E-state index in [4.69, 9.17) is 0 Å². The Balaban J connectivity index is 2.25. The highest BCUT2D eigenvalue weighted by atomic mass is 16.3. The zero-order chi connectivity index (χ0) is 13.7. The van der Waals surface area contributed by atoms with Crippen LogP contribution in [0.25, 0.3) is 5.65 Å². The number of pyridine rings is 1. The van der Waals surface area contributed by atoms with E-state index in [1.165, 1.54) is 0 Å². The van der Waals surface area contributed by atoms with E-state index in [1.807, 2.05) is 27.2 Å². The zero-order valence-corrected chi connectivity index (χ0v) is 11.8. The van der Waals surface area contributed by atoms with Crippen molar-refractivity contribution in [1.82, 2.24) is 14.3 Å². The van der Waals surface area contributed by atoms with Crippen LogP contribution in [0.1, 0.15) is 23.0 Å². The number of likely N-dealkylation sites (N-methyl/N-ethyl adjacent to an activating group) is 1. The van der Waals surface area contributed by atoms with E-state index in [2.05, 4.69) is 32.6 Å². The normalized spacial score (nSPS) is 22.6. The van der Waals surface area contributed by atoms with Crippen molar-refractivity contribution < 1.29 is 5.11 Å². The fourth-order valence-corrected chi connectivity index (χ4v) is 2.93. The molecule has 0 aliphatic carbocycles. The van der Waals surface area contributed by atoms with Crippen LogP contribution in [-0.4, -0.2) is 46.1 Å². The summed E-state index contributed by atoms with van der Waals surface area (Å²) in [5.41, 5.74) is 5.31. The summed E-state index contributed by atoms with van der Waals surface area (Å²) >= 11 is 0. The van der Waals surface area contributed by atoms with Crippen LogP contribution < -0.4 is 5.32 Å². The minimum Gasteiger partial charge on any atom is -0.389 e. The molecule has 0 radical (unpaired) electrons. The smallest absolute Gasteiger partial charge is 0.161 e.